The van der Waals surface area contributed by atoms with Crippen LogP contribution in [-0.4, -0.2) is 56.4 Å². The molecule has 0 saturated heterocycles. The molecule has 1 N–H and O–H groups in total. The molecule has 1 aromatic heterocycles. The highest BCUT2D eigenvalue weighted by atomic mass is 35.5. The topological polar surface area (TPSA) is 76.5 Å². The van der Waals surface area contributed by atoms with Crippen LogP contribution in [-0.2, 0) is 21.8 Å². The van der Waals surface area contributed by atoms with Crippen molar-refractivity contribution in [3.63, 3.8) is 0 Å². The molecule has 9 heteroatoms. The normalized spacial score (nSPS) is 25.8. The van der Waals surface area contributed by atoms with E-state index in [4.69, 9.17) is 16.3 Å². The fourth-order valence-corrected chi connectivity index (χ4v) is 6.06. The van der Waals surface area contributed by atoms with Gasteiger partial charge in [0.1, 0.15) is 15.8 Å². The van der Waals surface area contributed by atoms with E-state index in [0.29, 0.717) is 11.7 Å². The SMILES string of the molecule is COC1=C2C[C@@H](N(C)C)CCC2C(NS(=O)(=O)c2c(C)nn(C)c2Cl)C=C1. The van der Waals surface area contributed by atoms with E-state index in [-0.39, 0.29) is 22.0 Å². The van der Waals surface area contributed by atoms with Gasteiger partial charge < -0.3 is 9.64 Å². The molecule has 0 bridgehead atoms. The van der Waals surface area contributed by atoms with E-state index in [9.17, 15) is 8.42 Å². The second kappa shape index (κ2) is 7.58. The summed E-state index contributed by atoms with van der Waals surface area (Å²) >= 11 is 6.18. The van der Waals surface area contributed by atoms with Gasteiger partial charge in [0.25, 0.3) is 0 Å². The molecule has 1 fully saturated rings. The zero-order valence-electron chi connectivity index (χ0n) is 16.4. The molecule has 0 aliphatic heterocycles. The predicted octanol–water partition coefficient (Wildman–Crippen LogP) is 2.23. The molecule has 3 atom stereocenters. The molecule has 7 nitrogen and oxygen atoms in total. The van der Waals surface area contributed by atoms with Crippen molar-refractivity contribution in [1.29, 1.82) is 0 Å². The predicted molar refractivity (Wildman–Crippen MR) is 105 cm³/mol. The molecule has 150 valence electrons. The van der Waals surface area contributed by atoms with Crippen LogP contribution in [0.1, 0.15) is 25.0 Å². The summed E-state index contributed by atoms with van der Waals surface area (Å²) in [6.45, 7) is 1.65. The molecule has 2 aliphatic rings. The Labute approximate surface area is 166 Å². The van der Waals surface area contributed by atoms with Gasteiger partial charge in [-0.05, 0) is 51.9 Å². The quantitative estimate of drug-likeness (QED) is 0.799. The number of aryl methyl sites for hydroxylation is 2. The molecule has 1 saturated carbocycles. The number of sulfonamides is 1. The molecule has 27 heavy (non-hydrogen) atoms. The van der Waals surface area contributed by atoms with Gasteiger partial charge in [0.05, 0.1) is 12.8 Å². The molecule has 1 heterocycles. The lowest BCUT2D eigenvalue weighted by atomic mass is 9.74. The minimum absolute atomic E-state index is 0.0464. The van der Waals surface area contributed by atoms with Crippen LogP contribution in [0.3, 0.4) is 0 Å². The first-order valence-corrected chi connectivity index (χ1v) is 10.8. The highest BCUT2D eigenvalue weighted by Crippen LogP contribution is 2.39. The number of aromatic nitrogens is 2. The van der Waals surface area contributed by atoms with Gasteiger partial charge in [0, 0.05) is 25.0 Å². The first kappa shape index (κ1) is 20.4. The molecule has 1 aromatic rings. The summed E-state index contributed by atoms with van der Waals surface area (Å²) < 4.78 is 35.8. The van der Waals surface area contributed by atoms with E-state index in [2.05, 4.69) is 28.8 Å². The van der Waals surface area contributed by atoms with E-state index in [1.54, 1.807) is 21.1 Å². The van der Waals surface area contributed by atoms with E-state index < -0.39 is 10.0 Å². The fraction of sp³-hybridized carbons (Fsp3) is 0.611. The van der Waals surface area contributed by atoms with Crippen LogP contribution in [0.5, 0.6) is 0 Å². The molecule has 0 radical (unpaired) electrons. The second-order valence-electron chi connectivity index (χ2n) is 7.43. The third-order valence-electron chi connectivity index (χ3n) is 5.53. The number of halogens is 1. The maximum atomic E-state index is 13.0. The second-order valence-corrected chi connectivity index (χ2v) is 9.44. The number of ether oxygens (including phenoxy) is 1. The number of nitrogens with one attached hydrogen (secondary N) is 1. The van der Waals surface area contributed by atoms with Crippen LogP contribution < -0.4 is 4.72 Å². The number of fused-ring (bicyclic) bond motifs is 1. The van der Waals surface area contributed by atoms with Crippen molar-refractivity contribution < 1.29 is 13.2 Å². The average molecular weight is 415 g/mol. The third-order valence-corrected chi connectivity index (χ3v) is 7.68. The third kappa shape index (κ3) is 3.81. The maximum absolute atomic E-state index is 13.0. The molecule has 0 aromatic carbocycles. The summed E-state index contributed by atoms with van der Waals surface area (Å²) in [6.07, 6.45) is 6.52. The first-order chi connectivity index (χ1) is 12.7. The number of rotatable bonds is 5. The number of allylic oxidation sites excluding steroid dienone is 1. The fourth-order valence-electron chi connectivity index (χ4n) is 4.08. The van der Waals surface area contributed by atoms with Crippen LogP contribution >= 0.6 is 11.6 Å². The highest BCUT2D eigenvalue weighted by molar-refractivity contribution is 7.89. The van der Waals surface area contributed by atoms with Gasteiger partial charge in [0.15, 0.2) is 0 Å². The van der Waals surface area contributed by atoms with Crippen molar-refractivity contribution in [2.75, 3.05) is 21.2 Å². The highest BCUT2D eigenvalue weighted by Gasteiger charge is 2.38. The van der Waals surface area contributed by atoms with E-state index in [1.165, 1.54) is 10.3 Å². The zero-order chi connectivity index (χ0) is 19.9. The van der Waals surface area contributed by atoms with E-state index in [0.717, 1.165) is 25.0 Å². The largest absolute Gasteiger partial charge is 0.497 e. The average Bonchev–Trinajstić information content (AvgIpc) is 2.87. The van der Waals surface area contributed by atoms with Crippen molar-refractivity contribution in [1.82, 2.24) is 19.4 Å². The summed E-state index contributed by atoms with van der Waals surface area (Å²) in [4.78, 5) is 2.26. The Balaban J connectivity index is 1.89. The Morgan fingerprint density at radius 2 is 2.07 bits per heavy atom. The van der Waals surface area contributed by atoms with Crippen molar-refractivity contribution in [3.8, 4) is 0 Å². The molecule has 2 aliphatic carbocycles. The summed E-state index contributed by atoms with van der Waals surface area (Å²) in [6, 6.07) is 0.0999. The Morgan fingerprint density at radius 3 is 2.63 bits per heavy atom. The summed E-state index contributed by atoms with van der Waals surface area (Å²) in [5, 5.41) is 4.23. The van der Waals surface area contributed by atoms with Crippen LogP contribution in [0.25, 0.3) is 0 Å². The monoisotopic (exact) mass is 414 g/mol. The van der Waals surface area contributed by atoms with Crippen LogP contribution in [0.2, 0.25) is 5.15 Å². The zero-order valence-corrected chi connectivity index (χ0v) is 17.9. The summed E-state index contributed by atoms with van der Waals surface area (Å²) in [5.74, 6) is 0.921. The molecular formula is C18H27ClN4O3S. The van der Waals surface area contributed by atoms with Crippen LogP contribution in [0, 0.1) is 12.8 Å². The lowest BCUT2D eigenvalue weighted by Gasteiger charge is -2.40. The van der Waals surface area contributed by atoms with Crippen LogP contribution in [0.4, 0.5) is 0 Å². The Hall–Kier alpha value is -1.35. The maximum Gasteiger partial charge on any atom is 0.246 e. The molecule has 3 rings (SSSR count). The molecular weight excluding hydrogens is 388 g/mol. The Kier molecular flexibility index (Phi) is 5.72. The molecule has 0 amide bonds. The van der Waals surface area contributed by atoms with Gasteiger partial charge in [-0.3, -0.25) is 4.68 Å². The molecule has 0 spiro atoms. The van der Waals surface area contributed by atoms with Crippen molar-refractivity contribution in [2.24, 2.45) is 13.0 Å². The Morgan fingerprint density at radius 1 is 1.37 bits per heavy atom. The van der Waals surface area contributed by atoms with Gasteiger partial charge in [-0.2, -0.15) is 5.10 Å². The van der Waals surface area contributed by atoms with Crippen molar-refractivity contribution in [2.45, 2.75) is 43.2 Å². The number of nitrogens with zero attached hydrogens (tertiary/aromatic N) is 3. The van der Waals surface area contributed by atoms with Gasteiger partial charge >= 0.3 is 0 Å². The standard InChI is InChI=1S/C18H27ClN4O3S/c1-11-17(18(19)23(4)20-11)27(24,25)21-15-8-9-16(26-5)14-10-12(22(2)3)6-7-13(14)15/h8-9,12-13,15,21H,6-7,10H2,1-5H3/t12-,13?,15?/m0/s1. The number of hydrogen-bond acceptors (Lipinski definition) is 5. The molecule has 2 unspecified atom stereocenters. The van der Waals surface area contributed by atoms with Crippen molar-refractivity contribution in [3.05, 3.63) is 34.3 Å². The first-order valence-electron chi connectivity index (χ1n) is 8.98. The van der Waals surface area contributed by atoms with E-state index in [1.807, 2.05) is 12.2 Å². The minimum Gasteiger partial charge on any atom is -0.497 e. The van der Waals surface area contributed by atoms with Gasteiger partial charge in [-0.1, -0.05) is 17.7 Å². The number of hydrogen-bond donors (Lipinski definition) is 1. The lowest BCUT2D eigenvalue weighted by molar-refractivity contribution is 0.207. The van der Waals surface area contributed by atoms with Crippen molar-refractivity contribution >= 4 is 21.6 Å². The summed E-state index contributed by atoms with van der Waals surface area (Å²) in [7, 11) is 3.64. The Bertz CT molecular complexity index is 889. The van der Waals surface area contributed by atoms with E-state index >= 15 is 0 Å². The van der Waals surface area contributed by atoms with Gasteiger partial charge in [-0.15, -0.1) is 0 Å². The van der Waals surface area contributed by atoms with Gasteiger partial charge in [0.2, 0.25) is 10.0 Å². The minimum atomic E-state index is -3.80. The smallest absolute Gasteiger partial charge is 0.246 e. The van der Waals surface area contributed by atoms with Crippen LogP contribution in [0.15, 0.2) is 28.4 Å². The number of methoxy groups -OCH3 is 1. The lowest BCUT2D eigenvalue weighted by Crippen LogP contribution is -2.45. The summed E-state index contributed by atoms with van der Waals surface area (Å²) in [5.41, 5.74) is 1.56. The van der Waals surface area contributed by atoms with Gasteiger partial charge in [-0.25, -0.2) is 13.1 Å².